The summed E-state index contributed by atoms with van der Waals surface area (Å²) in [4.78, 5) is 11.1. The zero-order valence-corrected chi connectivity index (χ0v) is 10.1. The number of rotatable bonds is 7. The Morgan fingerprint density at radius 1 is 1.27 bits per heavy atom. The maximum absolute atomic E-state index is 11.1. The normalized spacial score (nSPS) is 11.7. The molecule has 0 spiro atoms. The van der Waals surface area contributed by atoms with Gasteiger partial charge in [0.25, 0.3) is 0 Å². The SMILES string of the molecule is CC(C)NC(=O)CNCCNS(C)(=O)=O. The third kappa shape index (κ3) is 11.3. The van der Waals surface area contributed by atoms with Crippen LogP contribution in [0.15, 0.2) is 0 Å². The van der Waals surface area contributed by atoms with Gasteiger partial charge < -0.3 is 10.6 Å². The predicted molar refractivity (Wildman–Crippen MR) is 59.0 cm³/mol. The summed E-state index contributed by atoms with van der Waals surface area (Å²) >= 11 is 0. The molecule has 1 amide bonds. The van der Waals surface area contributed by atoms with Gasteiger partial charge in [0.2, 0.25) is 15.9 Å². The van der Waals surface area contributed by atoms with Crippen LogP contribution in [0.5, 0.6) is 0 Å². The molecular weight excluding hydrogens is 218 g/mol. The minimum absolute atomic E-state index is 0.0932. The van der Waals surface area contributed by atoms with Crippen molar-refractivity contribution >= 4 is 15.9 Å². The quantitative estimate of drug-likeness (QED) is 0.478. The maximum atomic E-state index is 11.1. The first-order valence-electron chi connectivity index (χ1n) is 4.76. The van der Waals surface area contributed by atoms with E-state index in [1.54, 1.807) is 0 Å². The Hall–Kier alpha value is -0.660. The van der Waals surface area contributed by atoms with Gasteiger partial charge in [0.05, 0.1) is 12.8 Å². The Bertz CT molecular complexity index is 288. The second kappa shape index (κ2) is 6.76. The summed E-state index contributed by atoms with van der Waals surface area (Å²) in [5.41, 5.74) is 0. The van der Waals surface area contributed by atoms with Crippen molar-refractivity contribution < 1.29 is 13.2 Å². The average molecular weight is 237 g/mol. The molecule has 6 nitrogen and oxygen atoms in total. The minimum atomic E-state index is -3.13. The number of hydrogen-bond donors (Lipinski definition) is 3. The maximum Gasteiger partial charge on any atom is 0.234 e. The molecule has 3 N–H and O–H groups in total. The van der Waals surface area contributed by atoms with Gasteiger partial charge in [0, 0.05) is 19.1 Å². The molecule has 0 aromatic rings. The fraction of sp³-hybridized carbons (Fsp3) is 0.875. The fourth-order valence-corrected chi connectivity index (χ4v) is 1.37. The minimum Gasteiger partial charge on any atom is -0.353 e. The van der Waals surface area contributed by atoms with Crippen molar-refractivity contribution in [1.82, 2.24) is 15.4 Å². The molecule has 0 aliphatic heterocycles. The van der Waals surface area contributed by atoms with Crippen LogP contribution in [0.1, 0.15) is 13.8 Å². The van der Waals surface area contributed by atoms with E-state index in [0.717, 1.165) is 6.26 Å². The molecule has 0 heterocycles. The van der Waals surface area contributed by atoms with E-state index in [-0.39, 0.29) is 25.0 Å². The van der Waals surface area contributed by atoms with Crippen molar-refractivity contribution in [3.8, 4) is 0 Å². The zero-order valence-electron chi connectivity index (χ0n) is 9.33. The summed E-state index contributed by atoms with van der Waals surface area (Å²) in [6, 6.07) is 0.119. The lowest BCUT2D eigenvalue weighted by molar-refractivity contribution is -0.120. The molecule has 0 atom stereocenters. The van der Waals surface area contributed by atoms with Crippen LogP contribution in [0.4, 0.5) is 0 Å². The van der Waals surface area contributed by atoms with Gasteiger partial charge in [-0.2, -0.15) is 0 Å². The van der Waals surface area contributed by atoms with Gasteiger partial charge in [-0.1, -0.05) is 0 Å². The largest absolute Gasteiger partial charge is 0.353 e. The number of sulfonamides is 1. The summed E-state index contributed by atoms with van der Waals surface area (Å²) in [5.74, 6) is -0.0932. The third-order valence-electron chi connectivity index (χ3n) is 1.40. The summed E-state index contributed by atoms with van der Waals surface area (Å²) in [5, 5.41) is 5.53. The topological polar surface area (TPSA) is 87.3 Å². The molecule has 7 heteroatoms. The Balaban J connectivity index is 3.43. The summed E-state index contributed by atoms with van der Waals surface area (Å²) in [7, 11) is -3.13. The van der Waals surface area contributed by atoms with Gasteiger partial charge >= 0.3 is 0 Å². The Morgan fingerprint density at radius 2 is 1.87 bits per heavy atom. The summed E-state index contributed by atoms with van der Waals surface area (Å²) in [6.45, 7) is 4.67. The van der Waals surface area contributed by atoms with E-state index in [1.165, 1.54) is 0 Å². The van der Waals surface area contributed by atoms with Crippen LogP contribution in [0.3, 0.4) is 0 Å². The van der Waals surface area contributed by atoms with E-state index in [0.29, 0.717) is 6.54 Å². The molecule has 0 radical (unpaired) electrons. The van der Waals surface area contributed by atoms with Crippen LogP contribution in [-0.4, -0.2) is 46.3 Å². The first-order valence-corrected chi connectivity index (χ1v) is 6.65. The van der Waals surface area contributed by atoms with Gasteiger partial charge in [-0.15, -0.1) is 0 Å². The molecule has 0 saturated heterocycles. The monoisotopic (exact) mass is 237 g/mol. The Labute approximate surface area is 90.9 Å². The predicted octanol–water partition coefficient (Wildman–Crippen LogP) is -1.35. The highest BCUT2D eigenvalue weighted by Crippen LogP contribution is 1.75. The highest BCUT2D eigenvalue weighted by atomic mass is 32.2. The molecule has 0 aliphatic carbocycles. The van der Waals surface area contributed by atoms with Crippen molar-refractivity contribution in [2.75, 3.05) is 25.9 Å². The Kier molecular flexibility index (Phi) is 6.46. The second-order valence-corrected chi connectivity index (χ2v) is 5.40. The van der Waals surface area contributed by atoms with Crippen LogP contribution >= 0.6 is 0 Å². The molecule has 0 saturated carbocycles. The molecular formula is C8H19N3O3S. The third-order valence-corrected chi connectivity index (χ3v) is 2.13. The van der Waals surface area contributed by atoms with E-state index in [9.17, 15) is 13.2 Å². The van der Waals surface area contributed by atoms with Gasteiger partial charge in [-0.3, -0.25) is 4.79 Å². The lowest BCUT2D eigenvalue weighted by Crippen LogP contribution is -2.40. The highest BCUT2D eigenvalue weighted by Gasteiger charge is 2.02. The lowest BCUT2D eigenvalue weighted by atomic mass is 10.4. The van der Waals surface area contributed by atoms with Gasteiger partial charge in [0.1, 0.15) is 0 Å². The first-order chi connectivity index (χ1) is 6.81. The molecule has 90 valence electrons. The fourth-order valence-electron chi connectivity index (χ4n) is 0.900. The van der Waals surface area contributed by atoms with Crippen LogP contribution in [0, 0.1) is 0 Å². The molecule has 0 unspecified atom stereocenters. The number of nitrogens with one attached hydrogen (secondary N) is 3. The van der Waals surface area contributed by atoms with Crippen molar-refractivity contribution in [2.45, 2.75) is 19.9 Å². The van der Waals surface area contributed by atoms with Gasteiger partial charge in [0.15, 0.2) is 0 Å². The van der Waals surface area contributed by atoms with E-state index >= 15 is 0 Å². The van der Waals surface area contributed by atoms with Crippen molar-refractivity contribution in [3.63, 3.8) is 0 Å². The van der Waals surface area contributed by atoms with E-state index in [1.807, 2.05) is 13.8 Å². The van der Waals surface area contributed by atoms with Crippen LogP contribution in [0.2, 0.25) is 0 Å². The summed E-state index contributed by atoms with van der Waals surface area (Å²) < 4.78 is 23.6. The Morgan fingerprint density at radius 3 is 2.33 bits per heavy atom. The molecule has 0 aliphatic rings. The molecule has 0 aromatic carbocycles. The molecule has 0 rings (SSSR count). The number of amides is 1. The number of hydrogen-bond acceptors (Lipinski definition) is 4. The van der Waals surface area contributed by atoms with Crippen LogP contribution < -0.4 is 15.4 Å². The number of carbonyl (C=O) groups is 1. The average Bonchev–Trinajstić information content (AvgIpc) is 1.99. The van der Waals surface area contributed by atoms with Gasteiger partial charge in [-0.05, 0) is 13.8 Å². The number of carbonyl (C=O) groups excluding carboxylic acids is 1. The van der Waals surface area contributed by atoms with Gasteiger partial charge in [-0.25, -0.2) is 13.1 Å². The molecule has 0 fully saturated rings. The second-order valence-electron chi connectivity index (χ2n) is 3.57. The first kappa shape index (κ1) is 14.3. The van der Waals surface area contributed by atoms with Crippen molar-refractivity contribution in [1.29, 1.82) is 0 Å². The molecule has 0 bridgehead atoms. The van der Waals surface area contributed by atoms with E-state index < -0.39 is 10.0 Å². The molecule has 15 heavy (non-hydrogen) atoms. The smallest absolute Gasteiger partial charge is 0.234 e. The van der Waals surface area contributed by atoms with E-state index in [4.69, 9.17) is 0 Å². The van der Waals surface area contributed by atoms with Crippen LogP contribution in [-0.2, 0) is 14.8 Å². The van der Waals surface area contributed by atoms with Crippen molar-refractivity contribution in [2.24, 2.45) is 0 Å². The highest BCUT2D eigenvalue weighted by molar-refractivity contribution is 7.88. The molecule has 0 aromatic heterocycles. The zero-order chi connectivity index (χ0) is 11.9. The lowest BCUT2D eigenvalue weighted by Gasteiger charge is -2.09. The van der Waals surface area contributed by atoms with Crippen LogP contribution in [0.25, 0.3) is 0 Å². The summed E-state index contributed by atoms with van der Waals surface area (Å²) in [6.07, 6.45) is 1.10. The standard InChI is InChI=1S/C8H19N3O3S/c1-7(2)11-8(12)6-9-4-5-10-15(3,13)14/h7,9-10H,4-6H2,1-3H3,(H,11,12). The van der Waals surface area contributed by atoms with Crippen molar-refractivity contribution in [3.05, 3.63) is 0 Å². The van der Waals surface area contributed by atoms with E-state index in [2.05, 4.69) is 15.4 Å².